The van der Waals surface area contributed by atoms with Crippen LogP contribution in [-0.2, 0) is 6.54 Å². The summed E-state index contributed by atoms with van der Waals surface area (Å²) in [5.74, 6) is 1.60. The van der Waals surface area contributed by atoms with Crippen molar-refractivity contribution in [3.63, 3.8) is 0 Å². The van der Waals surface area contributed by atoms with E-state index in [0.717, 1.165) is 49.7 Å². The zero-order valence-corrected chi connectivity index (χ0v) is 16.1. The van der Waals surface area contributed by atoms with Crippen molar-refractivity contribution in [3.05, 3.63) is 53.6 Å². The molecule has 1 aliphatic heterocycles. The van der Waals surface area contributed by atoms with Crippen LogP contribution in [0.3, 0.4) is 0 Å². The number of anilines is 1. The quantitative estimate of drug-likeness (QED) is 0.802. The Hall–Kier alpha value is -2.71. The Balaban J connectivity index is 1.52. The number of benzene rings is 2. The fourth-order valence-corrected chi connectivity index (χ4v) is 3.46. The maximum Gasteiger partial charge on any atom is 0.161 e. The van der Waals surface area contributed by atoms with E-state index in [0.29, 0.717) is 18.2 Å². The fourth-order valence-electron chi connectivity index (χ4n) is 3.46. The number of hydrogen-bond donors (Lipinski definition) is 1. The van der Waals surface area contributed by atoms with Crippen molar-refractivity contribution < 1.29 is 9.47 Å². The molecular formula is C22H27N3O2. The van der Waals surface area contributed by atoms with Crippen LogP contribution in [0.25, 0.3) is 0 Å². The molecule has 0 aromatic heterocycles. The van der Waals surface area contributed by atoms with Gasteiger partial charge >= 0.3 is 0 Å². The molecule has 3 rings (SSSR count). The van der Waals surface area contributed by atoms with E-state index in [9.17, 15) is 0 Å². The SMILES string of the molecule is CCOc1cc(CN2CCC(Nc3ccc(C#N)cc3)CC2)ccc1OC. The number of rotatable bonds is 7. The van der Waals surface area contributed by atoms with E-state index < -0.39 is 0 Å². The number of piperidine rings is 1. The first kappa shape index (κ1) is 19.1. The number of nitrogens with one attached hydrogen (secondary N) is 1. The Labute approximate surface area is 161 Å². The molecule has 1 N–H and O–H groups in total. The second-order valence-electron chi connectivity index (χ2n) is 6.80. The normalized spacial score (nSPS) is 15.1. The van der Waals surface area contributed by atoms with Crippen LogP contribution in [0.2, 0.25) is 0 Å². The van der Waals surface area contributed by atoms with Gasteiger partial charge in [-0.25, -0.2) is 0 Å². The van der Waals surface area contributed by atoms with E-state index in [-0.39, 0.29) is 0 Å². The summed E-state index contributed by atoms with van der Waals surface area (Å²) in [5.41, 5.74) is 3.03. The lowest BCUT2D eigenvalue weighted by atomic mass is 10.0. The van der Waals surface area contributed by atoms with Gasteiger partial charge < -0.3 is 14.8 Å². The average molecular weight is 365 g/mol. The highest BCUT2D eigenvalue weighted by atomic mass is 16.5. The fraction of sp³-hybridized carbons (Fsp3) is 0.409. The van der Waals surface area contributed by atoms with E-state index in [1.807, 2.05) is 37.3 Å². The summed E-state index contributed by atoms with van der Waals surface area (Å²) >= 11 is 0. The molecule has 2 aromatic carbocycles. The molecule has 0 amide bonds. The van der Waals surface area contributed by atoms with Crippen LogP contribution in [0.15, 0.2) is 42.5 Å². The number of ether oxygens (including phenoxy) is 2. The van der Waals surface area contributed by atoms with Crippen molar-refractivity contribution in [3.8, 4) is 17.6 Å². The molecule has 142 valence electrons. The van der Waals surface area contributed by atoms with Crippen LogP contribution < -0.4 is 14.8 Å². The summed E-state index contributed by atoms with van der Waals surface area (Å²) in [5, 5.41) is 12.5. The Bertz CT molecular complexity index is 775. The predicted molar refractivity (Wildman–Crippen MR) is 107 cm³/mol. The molecule has 0 saturated carbocycles. The minimum atomic E-state index is 0.476. The molecule has 1 fully saturated rings. The Morgan fingerprint density at radius 3 is 2.48 bits per heavy atom. The number of nitriles is 1. The van der Waals surface area contributed by atoms with Gasteiger partial charge in [0, 0.05) is 31.4 Å². The average Bonchev–Trinajstić information content (AvgIpc) is 2.71. The molecule has 1 aliphatic rings. The molecule has 0 unspecified atom stereocenters. The van der Waals surface area contributed by atoms with Crippen molar-refractivity contribution in [2.75, 3.05) is 32.1 Å². The van der Waals surface area contributed by atoms with Crippen LogP contribution in [0.4, 0.5) is 5.69 Å². The number of methoxy groups -OCH3 is 1. The topological polar surface area (TPSA) is 57.5 Å². The molecular weight excluding hydrogens is 338 g/mol. The third-order valence-electron chi connectivity index (χ3n) is 4.91. The minimum absolute atomic E-state index is 0.476. The molecule has 27 heavy (non-hydrogen) atoms. The molecule has 0 radical (unpaired) electrons. The summed E-state index contributed by atoms with van der Waals surface area (Å²) < 4.78 is 11.0. The van der Waals surface area contributed by atoms with Crippen molar-refractivity contribution >= 4 is 5.69 Å². The van der Waals surface area contributed by atoms with E-state index >= 15 is 0 Å². The third-order valence-corrected chi connectivity index (χ3v) is 4.91. The Kier molecular flexibility index (Phi) is 6.56. The highest BCUT2D eigenvalue weighted by molar-refractivity contribution is 5.48. The smallest absolute Gasteiger partial charge is 0.161 e. The first-order valence-electron chi connectivity index (χ1n) is 9.50. The van der Waals surface area contributed by atoms with Gasteiger partial charge in [-0.1, -0.05) is 6.07 Å². The lowest BCUT2D eigenvalue weighted by Gasteiger charge is -2.33. The highest BCUT2D eigenvalue weighted by Gasteiger charge is 2.19. The van der Waals surface area contributed by atoms with Gasteiger partial charge in [-0.3, -0.25) is 4.90 Å². The molecule has 5 nitrogen and oxygen atoms in total. The van der Waals surface area contributed by atoms with Crippen LogP contribution in [0.5, 0.6) is 11.5 Å². The zero-order valence-electron chi connectivity index (χ0n) is 16.1. The second-order valence-corrected chi connectivity index (χ2v) is 6.80. The minimum Gasteiger partial charge on any atom is -0.493 e. The van der Waals surface area contributed by atoms with Gasteiger partial charge in [0.15, 0.2) is 11.5 Å². The van der Waals surface area contributed by atoms with Gasteiger partial charge in [0.05, 0.1) is 25.3 Å². The largest absolute Gasteiger partial charge is 0.493 e. The summed E-state index contributed by atoms with van der Waals surface area (Å²) in [4.78, 5) is 2.48. The maximum absolute atomic E-state index is 8.89. The molecule has 1 saturated heterocycles. The van der Waals surface area contributed by atoms with E-state index in [2.05, 4.69) is 28.4 Å². The maximum atomic E-state index is 8.89. The van der Waals surface area contributed by atoms with Crippen LogP contribution in [0.1, 0.15) is 30.9 Å². The standard InChI is InChI=1S/C22H27N3O2/c1-3-27-22-14-18(6-9-21(22)26-2)16-25-12-10-20(11-13-25)24-19-7-4-17(15-23)5-8-19/h4-9,14,20,24H,3,10-13,16H2,1-2H3. The van der Waals surface area contributed by atoms with Crippen molar-refractivity contribution in [1.29, 1.82) is 5.26 Å². The Morgan fingerprint density at radius 1 is 1.11 bits per heavy atom. The summed E-state index contributed by atoms with van der Waals surface area (Å²) in [6, 6.07) is 16.5. The van der Waals surface area contributed by atoms with Gasteiger partial charge in [0.2, 0.25) is 0 Å². The monoisotopic (exact) mass is 365 g/mol. The summed E-state index contributed by atoms with van der Waals surface area (Å²) in [6.45, 7) is 5.66. The molecule has 2 aromatic rings. The lowest BCUT2D eigenvalue weighted by molar-refractivity contribution is 0.211. The zero-order chi connectivity index (χ0) is 19.1. The molecule has 0 bridgehead atoms. The highest BCUT2D eigenvalue weighted by Crippen LogP contribution is 2.29. The van der Waals surface area contributed by atoms with Crippen molar-refractivity contribution in [2.45, 2.75) is 32.4 Å². The molecule has 5 heteroatoms. The van der Waals surface area contributed by atoms with Crippen LogP contribution in [0, 0.1) is 11.3 Å². The van der Waals surface area contributed by atoms with Gasteiger partial charge in [-0.15, -0.1) is 0 Å². The molecule has 0 spiro atoms. The first-order valence-corrected chi connectivity index (χ1v) is 9.50. The molecule has 0 atom stereocenters. The lowest BCUT2D eigenvalue weighted by Crippen LogP contribution is -2.38. The summed E-state index contributed by atoms with van der Waals surface area (Å²) in [6.07, 6.45) is 2.21. The Morgan fingerprint density at radius 2 is 1.85 bits per heavy atom. The van der Waals surface area contributed by atoms with E-state index in [4.69, 9.17) is 14.7 Å². The summed E-state index contributed by atoms with van der Waals surface area (Å²) in [7, 11) is 1.67. The number of likely N-dealkylation sites (tertiary alicyclic amines) is 1. The molecule has 0 aliphatic carbocycles. The van der Waals surface area contributed by atoms with Gasteiger partial charge in [-0.05, 0) is 61.7 Å². The van der Waals surface area contributed by atoms with Gasteiger partial charge in [0.25, 0.3) is 0 Å². The number of nitrogens with zero attached hydrogens (tertiary/aromatic N) is 2. The van der Waals surface area contributed by atoms with Gasteiger partial charge in [0.1, 0.15) is 0 Å². The van der Waals surface area contributed by atoms with E-state index in [1.54, 1.807) is 7.11 Å². The van der Waals surface area contributed by atoms with Crippen molar-refractivity contribution in [2.24, 2.45) is 0 Å². The van der Waals surface area contributed by atoms with E-state index in [1.165, 1.54) is 5.56 Å². The second kappa shape index (κ2) is 9.29. The van der Waals surface area contributed by atoms with Crippen LogP contribution in [-0.4, -0.2) is 37.7 Å². The predicted octanol–water partition coefficient (Wildman–Crippen LogP) is 4.04. The van der Waals surface area contributed by atoms with Crippen molar-refractivity contribution in [1.82, 2.24) is 4.90 Å². The number of hydrogen-bond acceptors (Lipinski definition) is 5. The third kappa shape index (κ3) is 5.15. The van der Waals surface area contributed by atoms with Crippen LogP contribution >= 0.6 is 0 Å². The molecule has 1 heterocycles. The first-order chi connectivity index (χ1) is 13.2. The van der Waals surface area contributed by atoms with Gasteiger partial charge in [-0.2, -0.15) is 5.26 Å².